The van der Waals surface area contributed by atoms with Gasteiger partial charge in [0.25, 0.3) is 0 Å². The van der Waals surface area contributed by atoms with Crippen molar-refractivity contribution in [3.8, 4) is 11.5 Å². The summed E-state index contributed by atoms with van der Waals surface area (Å²) in [6, 6.07) is 7.39. The van der Waals surface area contributed by atoms with Crippen molar-refractivity contribution >= 4 is 15.6 Å². The Morgan fingerprint density at radius 2 is 1.00 bits per heavy atom. The summed E-state index contributed by atoms with van der Waals surface area (Å²) in [5.41, 5.74) is 3.19. The Morgan fingerprint density at radius 1 is 0.694 bits per heavy atom. The summed E-state index contributed by atoms with van der Waals surface area (Å²) in [5, 5.41) is 0. The maximum atomic E-state index is 11.9. The van der Waals surface area contributed by atoms with Crippen molar-refractivity contribution in [1.82, 2.24) is 0 Å². The first-order valence-electron chi connectivity index (χ1n) is 11.6. The predicted molar refractivity (Wildman–Crippen MR) is 138 cm³/mol. The van der Waals surface area contributed by atoms with Gasteiger partial charge in [0.2, 0.25) is 0 Å². The fourth-order valence-corrected chi connectivity index (χ4v) is 4.86. The maximum absolute atomic E-state index is 11.9. The topological polar surface area (TPSA) is 134 Å². The van der Waals surface area contributed by atoms with E-state index in [1.165, 1.54) is 0 Å². The molecule has 8 nitrogen and oxygen atoms in total. The largest absolute Gasteiger partial charge is 1.00 e. The van der Waals surface area contributed by atoms with Gasteiger partial charge in [0.15, 0.2) is 0 Å². The van der Waals surface area contributed by atoms with Gasteiger partial charge in [0.05, 0.1) is 0 Å². The van der Waals surface area contributed by atoms with Gasteiger partial charge in [-0.1, -0.05) is 79.7 Å². The van der Waals surface area contributed by atoms with Crippen LogP contribution in [0.3, 0.4) is 0 Å². The third-order valence-electron chi connectivity index (χ3n) is 5.69. The Balaban J connectivity index is 0.00000648. The number of benzene rings is 2. The zero-order valence-corrected chi connectivity index (χ0v) is 24.5. The molecule has 198 valence electrons. The zero-order chi connectivity index (χ0) is 27.0. The third-order valence-corrected chi connectivity index (χ3v) is 6.53. The fourth-order valence-electron chi connectivity index (χ4n) is 3.95. The molecule has 0 aromatic heterocycles. The van der Waals surface area contributed by atoms with E-state index in [0.717, 1.165) is 11.1 Å². The first kappa shape index (κ1) is 33.0. The Kier molecular flexibility index (Phi) is 10.8. The molecule has 0 heterocycles. The summed E-state index contributed by atoms with van der Waals surface area (Å²) in [7, 11) is -9.78. The molecular formula is C25H39LiO8P2. The minimum atomic E-state index is -4.89. The van der Waals surface area contributed by atoms with E-state index in [9.17, 15) is 28.7 Å². The average Bonchev–Trinajstić information content (AvgIpc) is 2.66. The summed E-state index contributed by atoms with van der Waals surface area (Å²) >= 11 is 0. The number of phosphoric ester groups is 2. The van der Waals surface area contributed by atoms with Crippen LogP contribution in [0.15, 0.2) is 24.3 Å². The fraction of sp³-hybridized carbons (Fsp3) is 0.520. The van der Waals surface area contributed by atoms with Crippen molar-refractivity contribution < 1.29 is 58.0 Å². The second-order valence-electron chi connectivity index (χ2n) is 10.8. The van der Waals surface area contributed by atoms with Crippen molar-refractivity contribution in [1.29, 1.82) is 0 Å². The first-order valence-corrected chi connectivity index (χ1v) is 14.6. The van der Waals surface area contributed by atoms with E-state index in [-0.39, 0.29) is 38.2 Å². The van der Waals surface area contributed by atoms with Crippen LogP contribution >= 0.6 is 15.6 Å². The molecule has 0 aliphatic rings. The maximum Gasteiger partial charge on any atom is 1.00 e. The van der Waals surface area contributed by atoms with Gasteiger partial charge in [-0.15, -0.1) is 0 Å². The quantitative estimate of drug-likeness (QED) is 0.299. The van der Waals surface area contributed by atoms with Crippen LogP contribution in [-0.2, 0) is 39.2 Å². The van der Waals surface area contributed by atoms with Gasteiger partial charge < -0.3 is 10.5 Å². The van der Waals surface area contributed by atoms with Crippen LogP contribution in [0.1, 0.15) is 90.2 Å². The molecular weight excluding hydrogens is 497 g/mol. The van der Waals surface area contributed by atoms with E-state index >= 15 is 0 Å². The Labute approximate surface area is 228 Å². The predicted octanol–water partition coefficient (Wildman–Crippen LogP) is 3.06. The Bertz CT molecular complexity index is 1090. The molecule has 0 radical (unpaired) electrons. The average molecular weight is 536 g/mol. The second-order valence-corrected chi connectivity index (χ2v) is 13.1. The van der Waals surface area contributed by atoms with E-state index < -0.39 is 26.5 Å². The van der Waals surface area contributed by atoms with E-state index in [1.54, 1.807) is 0 Å². The normalized spacial score (nSPS) is 12.8. The van der Waals surface area contributed by atoms with E-state index in [4.69, 9.17) is 9.05 Å². The molecule has 2 rings (SSSR count). The molecule has 0 aliphatic carbocycles. The van der Waals surface area contributed by atoms with E-state index in [1.807, 2.05) is 79.7 Å². The number of hydrogen-bond donors (Lipinski definition) is 4. The van der Waals surface area contributed by atoms with Gasteiger partial charge in [-0.3, -0.25) is 19.6 Å². The summed E-state index contributed by atoms with van der Waals surface area (Å²) < 4.78 is 34.3. The number of rotatable bonds is 8. The second kappa shape index (κ2) is 11.8. The van der Waals surface area contributed by atoms with E-state index in [2.05, 4.69) is 0 Å². The molecule has 0 atom stereocenters. The number of phosphoric acid groups is 2. The molecule has 0 saturated heterocycles. The standard InChI is InChI=1S/C25H38O8P2.Li.H/c1-9-16-11-18(22(32-34(26,27)28)20(13-16)24(3,4)5)15-19-12-17(10-2)14-21(25(6,7)8)23(19)33-35(29,30)31;;/h11-14H,9-10,15H2,1-8H3,(H2,26,27,28)(H2,29,30,31);;/q;+1;-1. The van der Waals surface area contributed by atoms with Crippen molar-refractivity contribution in [3.05, 3.63) is 57.6 Å². The van der Waals surface area contributed by atoms with Crippen LogP contribution in [0.5, 0.6) is 11.5 Å². The zero-order valence-electron chi connectivity index (χ0n) is 23.7. The molecule has 0 spiro atoms. The van der Waals surface area contributed by atoms with Crippen LogP contribution in [0.4, 0.5) is 0 Å². The molecule has 0 fully saturated rings. The van der Waals surface area contributed by atoms with Gasteiger partial charge >= 0.3 is 34.5 Å². The number of hydrogen-bond acceptors (Lipinski definition) is 4. The van der Waals surface area contributed by atoms with Crippen molar-refractivity contribution in [3.63, 3.8) is 0 Å². The van der Waals surface area contributed by atoms with Gasteiger partial charge in [-0.05, 0) is 45.9 Å². The molecule has 2 aromatic rings. The third kappa shape index (κ3) is 9.05. The smallest absolute Gasteiger partial charge is 1.00 e. The van der Waals surface area contributed by atoms with Crippen LogP contribution in [-0.4, -0.2) is 19.6 Å². The van der Waals surface area contributed by atoms with Gasteiger partial charge in [0, 0.05) is 17.5 Å². The summed E-state index contributed by atoms with van der Waals surface area (Å²) in [6.07, 6.45) is 1.46. The van der Waals surface area contributed by atoms with Gasteiger partial charge in [0.1, 0.15) is 11.5 Å². The van der Waals surface area contributed by atoms with Crippen LogP contribution < -0.4 is 27.9 Å². The molecule has 0 bridgehead atoms. The summed E-state index contributed by atoms with van der Waals surface area (Å²) in [6.45, 7) is 15.5. The Morgan fingerprint density at radius 3 is 1.22 bits per heavy atom. The minimum Gasteiger partial charge on any atom is -1.00 e. The molecule has 0 saturated carbocycles. The molecule has 4 N–H and O–H groups in total. The minimum absolute atomic E-state index is 0. The first-order chi connectivity index (χ1) is 15.7. The number of aryl methyl sites for hydroxylation is 2. The molecule has 0 unspecified atom stereocenters. The summed E-state index contributed by atoms with van der Waals surface area (Å²) in [5.74, 6) is 0.147. The van der Waals surface area contributed by atoms with Gasteiger partial charge in [-0.25, -0.2) is 9.13 Å². The van der Waals surface area contributed by atoms with Crippen LogP contribution in [0.2, 0.25) is 0 Å². The molecule has 0 amide bonds. The molecule has 36 heavy (non-hydrogen) atoms. The van der Waals surface area contributed by atoms with Crippen LogP contribution in [0.25, 0.3) is 0 Å². The van der Waals surface area contributed by atoms with Crippen molar-refractivity contribution in [2.45, 2.75) is 85.5 Å². The molecule has 11 heteroatoms. The molecule has 2 aromatic carbocycles. The SMILES string of the molecule is CCc1cc(Cc2cc(CC)cc(C(C)(C)C)c2OP(=O)(O)O)c(OP(=O)(O)O)c(C(C)(C)C)c1.[H-].[Li+]. The van der Waals surface area contributed by atoms with E-state index in [0.29, 0.717) is 35.1 Å². The molecule has 0 aliphatic heterocycles. The van der Waals surface area contributed by atoms with Crippen LogP contribution in [0, 0.1) is 0 Å². The van der Waals surface area contributed by atoms with Crippen molar-refractivity contribution in [2.75, 3.05) is 0 Å². The van der Waals surface area contributed by atoms with Crippen molar-refractivity contribution in [2.24, 2.45) is 0 Å². The Hall–Kier alpha value is -1.06. The monoisotopic (exact) mass is 536 g/mol. The van der Waals surface area contributed by atoms with Gasteiger partial charge in [-0.2, -0.15) is 0 Å². The summed E-state index contributed by atoms with van der Waals surface area (Å²) in [4.78, 5) is 38.7.